The molecule has 10 heteroatoms. The van der Waals surface area contributed by atoms with Crippen molar-refractivity contribution in [1.82, 2.24) is 14.8 Å². The van der Waals surface area contributed by atoms with Gasteiger partial charge in [0, 0.05) is 36.3 Å². The Morgan fingerprint density at radius 2 is 1.76 bits per heavy atom. The Morgan fingerprint density at radius 1 is 1.03 bits per heavy atom. The second-order valence-electron chi connectivity index (χ2n) is 8.64. The van der Waals surface area contributed by atoms with Crippen molar-refractivity contribution in [3.63, 3.8) is 0 Å². The normalized spacial score (nSPS) is 12.9. The van der Waals surface area contributed by atoms with Gasteiger partial charge in [0.25, 0.3) is 0 Å². The Kier molecular flexibility index (Phi) is 8.82. The summed E-state index contributed by atoms with van der Waals surface area (Å²) in [5.74, 6) is 0.780. The van der Waals surface area contributed by atoms with E-state index < -0.39 is 16.3 Å². The summed E-state index contributed by atoms with van der Waals surface area (Å²) in [7, 11) is -0.927. The fourth-order valence-corrected chi connectivity index (χ4v) is 5.62. The zero-order valence-corrected chi connectivity index (χ0v) is 22.0. The number of H-pyrrole nitrogens is 1. The van der Waals surface area contributed by atoms with Crippen LogP contribution >= 0.6 is 0 Å². The number of para-hydroxylation sites is 1. The summed E-state index contributed by atoms with van der Waals surface area (Å²) in [5.41, 5.74) is 5.35. The van der Waals surface area contributed by atoms with Crippen LogP contribution in [0, 0.1) is 0 Å². The number of aromatic amines is 1. The predicted molar refractivity (Wildman–Crippen MR) is 146 cm³/mol. The number of aliphatic hydroxyl groups excluding tert-OH is 1. The molecule has 0 saturated heterocycles. The Hall–Kier alpha value is -3.67. The number of fused-ring (bicyclic) bond motifs is 1. The van der Waals surface area contributed by atoms with Crippen LogP contribution in [0.4, 0.5) is 0 Å². The number of methoxy groups -OCH3 is 2. The zero-order chi connectivity index (χ0) is 27.1. The molecule has 3 aromatic carbocycles. The molecule has 9 nitrogen and oxygen atoms in total. The molecule has 1 unspecified atom stereocenters. The minimum Gasteiger partial charge on any atom is -0.493 e. The van der Waals surface area contributed by atoms with E-state index in [2.05, 4.69) is 4.98 Å². The minimum absolute atomic E-state index is 0.110. The molecular formula is C28H31N3O6S. The van der Waals surface area contributed by atoms with Gasteiger partial charge in [-0.2, -0.15) is 9.79 Å². The summed E-state index contributed by atoms with van der Waals surface area (Å²) in [5, 5.41) is 19.2. The third-order valence-electron chi connectivity index (χ3n) is 6.24. The van der Waals surface area contributed by atoms with Crippen LogP contribution < -0.4 is 15.0 Å². The van der Waals surface area contributed by atoms with Gasteiger partial charge in [-0.3, -0.25) is 0 Å². The van der Waals surface area contributed by atoms with E-state index in [1.54, 1.807) is 17.6 Å². The van der Waals surface area contributed by atoms with E-state index >= 15 is 0 Å². The lowest BCUT2D eigenvalue weighted by Gasteiger charge is -2.23. The standard InChI is InChI=1S/C28H31N3O6S/c1-36-26-13-12-23(17-27(26)37-2)38(34,35)31(16-15-22-18-29-25-6-4-3-5-24(22)25)19-21-9-7-20(8-10-21)11-14-28(32)30-33/h3-14,17-18,28-30,32-33H,15-16,19H2,1-2H3/b14-11+. The van der Waals surface area contributed by atoms with Crippen molar-refractivity contribution in [2.24, 2.45) is 0 Å². The van der Waals surface area contributed by atoms with E-state index in [1.165, 1.54) is 36.7 Å². The van der Waals surface area contributed by atoms with Crippen molar-refractivity contribution in [3.05, 3.63) is 95.7 Å². The molecule has 38 heavy (non-hydrogen) atoms. The lowest BCUT2D eigenvalue weighted by Crippen LogP contribution is -2.32. The third-order valence-corrected chi connectivity index (χ3v) is 8.08. The SMILES string of the molecule is COc1ccc(S(=O)(=O)N(CCc2c[nH]c3ccccc23)Cc2ccc(/C=C/C(O)NO)cc2)cc1OC. The first-order valence-electron chi connectivity index (χ1n) is 12.0. The van der Waals surface area contributed by atoms with E-state index in [0.717, 1.165) is 27.6 Å². The molecule has 1 atom stereocenters. The summed E-state index contributed by atoms with van der Waals surface area (Å²) in [6.07, 6.45) is 4.30. The Labute approximate surface area is 222 Å². The first-order chi connectivity index (χ1) is 18.3. The first kappa shape index (κ1) is 27.4. The van der Waals surface area contributed by atoms with Gasteiger partial charge in [0.15, 0.2) is 11.5 Å². The highest BCUT2D eigenvalue weighted by atomic mass is 32.2. The van der Waals surface area contributed by atoms with Gasteiger partial charge in [-0.15, -0.1) is 0 Å². The number of hydroxylamine groups is 1. The van der Waals surface area contributed by atoms with Crippen LogP contribution in [0.1, 0.15) is 16.7 Å². The molecule has 1 aromatic heterocycles. The third kappa shape index (κ3) is 6.24. The Bertz CT molecular complexity index is 1500. The van der Waals surface area contributed by atoms with Gasteiger partial charge in [-0.25, -0.2) is 8.42 Å². The molecule has 0 aliphatic carbocycles. The van der Waals surface area contributed by atoms with Crippen LogP contribution in [0.15, 0.2) is 83.9 Å². The highest BCUT2D eigenvalue weighted by molar-refractivity contribution is 7.89. The number of benzene rings is 3. The number of aliphatic hydroxyl groups is 1. The first-order valence-corrected chi connectivity index (χ1v) is 13.4. The van der Waals surface area contributed by atoms with E-state index in [-0.39, 0.29) is 18.0 Å². The number of nitrogens with zero attached hydrogens (tertiary/aromatic N) is 1. The molecule has 4 N–H and O–H groups in total. The van der Waals surface area contributed by atoms with Gasteiger partial charge >= 0.3 is 0 Å². The number of nitrogens with one attached hydrogen (secondary N) is 2. The monoisotopic (exact) mass is 537 g/mol. The molecule has 0 bridgehead atoms. The highest BCUT2D eigenvalue weighted by Gasteiger charge is 2.26. The number of rotatable bonds is 12. The number of aromatic nitrogens is 1. The zero-order valence-electron chi connectivity index (χ0n) is 21.2. The van der Waals surface area contributed by atoms with E-state index in [1.807, 2.05) is 54.7 Å². The van der Waals surface area contributed by atoms with Crippen molar-refractivity contribution in [1.29, 1.82) is 0 Å². The fraction of sp³-hybridized carbons (Fsp3) is 0.214. The second-order valence-corrected chi connectivity index (χ2v) is 10.6. The molecule has 4 rings (SSSR count). The summed E-state index contributed by atoms with van der Waals surface area (Å²) in [6.45, 7) is 0.415. The smallest absolute Gasteiger partial charge is 0.243 e. The number of hydrogen-bond donors (Lipinski definition) is 4. The second kappa shape index (κ2) is 12.2. The molecule has 1 heterocycles. The molecule has 0 saturated carbocycles. The average molecular weight is 538 g/mol. The van der Waals surface area contributed by atoms with Crippen LogP contribution in [0.25, 0.3) is 17.0 Å². The van der Waals surface area contributed by atoms with Crippen molar-refractivity contribution in [2.75, 3.05) is 20.8 Å². The lowest BCUT2D eigenvalue weighted by molar-refractivity contribution is 0.0323. The largest absolute Gasteiger partial charge is 0.493 e. The number of sulfonamides is 1. The molecule has 0 spiro atoms. The van der Waals surface area contributed by atoms with Crippen molar-refractivity contribution < 1.29 is 28.2 Å². The van der Waals surface area contributed by atoms with Gasteiger partial charge in [0.2, 0.25) is 10.0 Å². The van der Waals surface area contributed by atoms with E-state index in [4.69, 9.17) is 14.7 Å². The maximum absolute atomic E-state index is 13.9. The van der Waals surface area contributed by atoms with Gasteiger partial charge in [0.05, 0.1) is 19.1 Å². The quantitative estimate of drug-likeness (QED) is 0.159. The maximum Gasteiger partial charge on any atom is 0.243 e. The maximum atomic E-state index is 13.9. The molecule has 0 aliphatic heterocycles. The van der Waals surface area contributed by atoms with Gasteiger partial charge in [-0.1, -0.05) is 48.5 Å². The summed E-state index contributed by atoms with van der Waals surface area (Å²) in [4.78, 5) is 3.36. The molecule has 0 fully saturated rings. The van der Waals surface area contributed by atoms with Crippen molar-refractivity contribution in [2.45, 2.75) is 24.1 Å². The Morgan fingerprint density at radius 3 is 2.47 bits per heavy atom. The minimum atomic E-state index is -3.89. The molecule has 0 amide bonds. The highest BCUT2D eigenvalue weighted by Crippen LogP contribution is 2.31. The summed E-state index contributed by atoms with van der Waals surface area (Å²) < 4.78 is 39.8. The van der Waals surface area contributed by atoms with Gasteiger partial charge in [-0.05, 0) is 47.4 Å². The van der Waals surface area contributed by atoms with Crippen LogP contribution in [0.2, 0.25) is 0 Å². The van der Waals surface area contributed by atoms with Crippen LogP contribution in [0.5, 0.6) is 11.5 Å². The topological polar surface area (TPSA) is 124 Å². The number of ether oxygens (including phenoxy) is 2. The number of hydrogen-bond acceptors (Lipinski definition) is 7. The average Bonchev–Trinajstić information content (AvgIpc) is 3.37. The van der Waals surface area contributed by atoms with Crippen LogP contribution in [0.3, 0.4) is 0 Å². The summed E-state index contributed by atoms with van der Waals surface area (Å²) in [6, 6.07) is 19.8. The van der Waals surface area contributed by atoms with E-state index in [9.17, 15) is 13.5 Å². The van der Waals surface area contributed by atoms with Crippen LogP contribution in [-0.4, -0.2) is 55.0 Å². The molecule has 200 valence electrons. The molecule has 4 aromatic rings. The van der Waals surface area contributed by atoms with E-state index in [0.29, 0.717) is 17.9 Å². The summed E-state index contributed by atoms with van der Waals surface area (Å²) >= 11 is 0. The lowest BCUT2D eigenvalue weighted by atomic mass is 10.1. The Balaban J connectivity index is 1.63. The molecular weight excluding hydrogens is 506 g/mol. The molecule has 0 radical (unpaired) electrons. The predicted octanol–water partition coefficient (Wildman–Crippen LogP) is 3.93. The molecule has 0 aliphatic rings. The van der Waals surface area contributed by atoms with Crippen molar-refractivity contribution >= 4 is 27.0 Å². The van der Waals surface area contributed by atoms with Gasteiger partial charge < -0.3 is 24.8 Å². The fourth-order valence-electron chi connectivity index (χ4n) is 4.18. The van der Waals surface area contributed by atoms with Crippen molar-refractivity contribution in [3.8, 4) is 11.5 Å². The van der Waals surface area contributed by atoms with Crippen LogP contribution in [-0.2, 0) is 23.0 Å². The van der Waals surface area contributed by atoms with Gasteiger partial charge in [0.1, 0.15) is 6.23 Å².